The molecule has 0 saturated heterocycles. The van der Waals surface area contributed by atoms with Gasteiger partial charge >= 0.3 is 0 Å². The van der Waals surface area contributed by atoms with Crippen LogP contribution in [0.2, 0.25) is 0 Å². The van der Waals surface area contributed by atoms with Gasteiger partial charge in [-0.1, -0.05) is 6.07 Å². The van der Waals surface area contributed by atoms with Gasteiger partial charge in [-0.05, 0) is 24.3 Å². The van der Waals surface area contributed by atoms with Crippen molar-refractivity contribution in [3.8, 4) is 11.3 Å². The SMILES string of the molecule is Fc1ccc(F)c(-c2ccccn2)c1F. The molecule has 0 aliphatic heterocycles. The van der Waals surface area contributed by atoms with Crippen molar-refractivity contribution >= 4 is 0 Å². The summed E-state index contributed by atoms with van der Waals surface area (Å²) in [4.78, 5) is 3.77. The van der Waals surface area contributed by atoms with Gasteiger partial charge in [0.2, 0.25) is 0 Å². The van der Waals surface area contributed by atoms with Crippen LogP contribution in [0, 0.1) is 17.5 Å². The second-order valence-corrected chi connectivity index (χ2v) is 2.93. The van der Waals surface area contributed by atoms with Crippen molar-refractivity contribution in [2.75, 3.05) is 0 Å². The monoisotopic (exact) mass is 209 g/mol. The number of nitrogens with zero attached hydrogens (tertiary/aromatic N) is 1. The largest absolute Gasteiger partial charge is 0.256 e. The van der Waals surface area contributed by atoms with Crippen LogP contribution in [0.15, 0.2) is 36.5 Å². The molecule has 4 heteroatoms. The predicted molar refractivity (Wildman–Crippen MR) is 49.5 cm³/mol. The molecule has 0 amide bonds. The van der Waals surface area contributed by atoms with E-state index in [-0.39, 0.29) is 5.69 Å². The fourth-order valence-corrected chi connectivity index (χ4v) is 1.27. The highest BCUT2D eigenvalue weighted by molar-refractivity contribution is 5.60. The molecule has 0 fully saturated rings. The summed E-state index contributed by atoms with van der Waals surface area (Å²) >= 11 is 0. The van der Waals surface area contributed by atoms with Gasteiger partial charge in [-0.3, -0.25) is 4.98 Å². The quantitative estimate of drug-likeness (QED) is 0.657. The number of hydrogen-bond donors (Lipinski definition) is 0. The Bertz CT molecular complexity index is 483. The Morgan fingerprint density at radius 2 is 1.60 bits per heavy atom. The van der Waals surface area contributed by atoms with Crippen molar-refractivity contribution in [3.05, 3.63) is 54.0 Å². The molecule has 0 radical (unpaired) electrons. The third-order valence-corrected chi connectivity index (χ3v) is 1.97. The summed E-state index contributed by atoms with van der Waals surface area (Å²) in [5.41, 5.74) is -0.359. The molecule has 1 heterocycles. The minimum Gasteiger partial charge on any atom is -0.256 e. The molecule has 0 N–H and O–H groups in total. The van der Waals surface area contributed by atoms with Crippen LogP contribution in [0.4, 0.5) is 13.2 Å². The average molecular weight is 209 g/mol. The van der Waals surface area contributed by atoms with Crippen molar-refractivity contribution in [1.29, 1.82) is 0 Å². The van der Waals surface area contributed by atoms with E-state index in [9.17, 15) is 13.2 Å². The van der Waals surface area contributed by atoms with Crippen molar-refractivity contribution in [2.24, 2.45) is 0 Å². The van der Waals surface area contributed by atoms with E-state index in [1.54, 1.807) is 12.1 Å². The zero-order valence-electron chi connectivity index (χ0n) is 7.55. The highest BCUT2D eigenvalue weighted by Crippen LogP contribution is 2.25. The number of halogens is 3. The molecular weight excluding hydrogens is 203 g/mol. The third-order valence-electron chi connectivity index (χ3n) is 1.97. The van der Waals surface area contributed by atoms with Crippen molar-refractivity contribution < 1.29 is 13.2 Å². The van der Waals surface area contributed by atoms with E-state index in [2.05, 4.69) is 4.98 Å². The molecule has 2 rings (SSSR count). The van der Waals surface area contributed by atoms with E-state index >= 15 is 0 Å². The average Bonchev–Trinajstić information content (AvgIpc) is 2.26. The Hall–Kier alpha value is -1.84. The Morgan fingerprint density at radius 1 is 0.867 bits per heavy atom. The second-order valence-electron chi connectivity index (χ2n) is 2.93. The molecule has 0 bridgehead atoms. The minimum absolute atomic E-state index is 0.0759. The molecule has 2 aromatic rings. The Kier molecular flexibility index (Phi) is 2.41. The zero-order valence-corrected chi connectivity index (χ0v) is 7.55. The molecule has 0 saturated carbocycles. The molecule has 1 nitrogen and oxygen atoms in total. The lowest BCUT2D eigenvalue weighted by Gasteiger charge is -2.04. The highest BCUT2D eigenvalue weighted by atomic mass is 19.2. The summed E-state index contributed by atoms with van der Waals surface area (Å²) in [6.07, 6.45) is 1.39. The molecule has 1 aromatic carbocycles. The lowest BCUT2D eigenvalue weighted by molar-refractivity contribution is 0.498. The van der Waals surface area contributed by atoms with Gasteiger partial charge in [0.05, 0.1) is 11.3 Å². The van der Waals surface area contributed by atoms with E-state index in [0.29, 0.717) is 0 Å². The molecule has 1 aromatic heterocycles. The summed E-state index contributed by atoms with van der Waals surface area (Å²) in [6, 6.07) is 6.23. The molecule has 0 aliphatic carbocycles. The first-order chi connectivity index (χ1) is 7.20. The predicted octanol–water partition coefficient (Wildman–Crippen LogP) is 3.17. The van der Waals surface area contributed by atoms with Crippen molar-refractivity contribution in [1.82, 2.24) is 4.98 Å². The van der Waals surface area contributed by atoms with Crippen molar-refractivity contribution in [3.63, 3.8) is 0 Å². The molecule has 0 atom stereocenters. The van der Waals surface area contributed by atoms with Crippen LogP contribution in [-0.2, 0) is 0 Å². The third kappa shape index (κ3) is 1.70. The topological polar surface area (TPSA) is 12.9 Å². The van der Waals surface area contributed by atoms with E-state index in [1.165, 1.54) is 12.3 Å². The lowest BCUT2D eigenvalue weighted by atomic mass is 10.1. The molecule has 0 aliphatic rings. The highest BCUT2D eigenvalue weighted by Gasteiger charge is 2.15. The normalized spacial score (nSPS) is 10.3. The first kappa shape index (κ1) is 9.71. The summed E-state index contributed by atoms with van der Waals surface area (Å²) < 4.78 is 39.4. The van der Waals surface area contributed by atoms with E-state index in [1.807, 2.05) is 0 Å². The lowest BCUT2D eigenvalue weighted by Crippen LogP contribution is -1.95. The van der Waals surface area contributed by atoms with Gasteiger partial charge in [0.15, 0.2) is 11.6 Å². The first-order valence-electron chi connectivity index (χ1n) is 4.25. The van der Waals surface area contributed by atoms with Crippen LogP contribution in [0.25, 0.3) is 11.3 Å². The van der Waals surface area contributed by atoms with E-state index in [4.69, 9.17) is 0 Å². The number of pyridine rings is 1. The molecule has 0 unspecified atom stereocenters. The zero-order chi connectivity index (χ0) is 10.8. The van der Waals surface area contributed by atoms with Crippen LogP contribution in [0.5, 0.6) is 0 Å². The van der Waals surface area contributed by atoms with Crippen LogP contribution in [0.3, 0.4) is 0 Å². The number of benzene rings is 1. The summed E-state index contributed by atoms with van der Waals surface area (Å²) in [6.45, 7) is 0. The summed E-state index contributed by atoms with van der Waals surface area (Å²) in [7, 11) is 0. The van der Waals surface area contributed by atoms with Gasteiger partial charge in [0, 0.05) is 6.20 Å². The maximum Gasteiger partial charge on any atom is 0.171 e. The fraction of sp³-hybridized carbons (Fsp3) is 0. The summed E-state index contributed by atoms with van der Waals surface area (Å²) in [5, 5.41) is 0. The van der Waals surface area contributed by atoms with E-state index in [0.717, 1.165) is 12.1 Å². The van der Waals surface area contributed by atoms with Gasteiger partial charge < -0.3 is 0 Å². The number of aromatic nitrogens is 1. The van der Waals surface area contributed by atoms with Crippen LogP contribution in [0.1, 0.15) is 0 Å². The second kappa shape index (κ2) is 3.73. The van der Waals surface area contributed by atoms with Gasteiger partial charge in [-0.2, -0.15) is 0 Å². The minimum atomic E-state index is -1.21. The number of hydrogen-bond acceptors (Lipinski definition) is 1. The Labute approximate surface area is 84.2 Å². The van der Waals surface area contributed by atoms with Gasteiger partial charge in [0.1, 0.15) is 5.82 Å². The summed E-state index contributed by atoms with van der Waals surface area (Å²) in [5.74, 6) is -3.13. The Morgan fingerprint density at radius 3 is 2.27 bits per heavy atom. The maximum absolute atomic E-state index is 13.3. The van der Waals surface area contributed by atoms with Crippen LogP contribution in [-0.4, -0.2) is 4.98 Å². The van der Waals surface area contributed by atoms with Crippen molar-refractivity contribution in [2.45, 2.75) is 0 Å². The molecule has 76 valence electrons. The smallest absolute Gasteiger partial charge is 0.171 e. The van der Waals surface area contributed by atoms with E-state index < -0.39 is 23.0 Å². The van der Waals surface area contributed by atoms with Gasteiger partial charge in [-0.15, -0.1) is 0 Å². The fourth-order valence-electron chi connectivity index (χ4n) is 1.27. The standard InChI is InChI=1S/C11H6F3N/c12-7-4-5-8(13)11(14)10(7)9-3-1-2-6-15-9/h1-6H. The van der Waals surface area contributed by atoms with Gasteiger partial charge in [-0.25, -0.2) is 13.2 Å². The van der Waals surface area contributed by atoms with Crippen LogP contribution < -0.4 is 0 Å². The number of rotatable bonds is 1. The van der Waals surface area contributed by atoms with Crippen LogP contribution >= 0.6 is 0 Å². The van der Waals surface area contributed by atoms with Gasteiger partial charge in [0.25, 0.3) is 0 Å². The maximum atomic E-state index is 13.3. The molecule has 0 spiro atoms. The first-order valence-corrected chi connectivity index (χ1v) is 4.25. The Balaban J connectivity index is 2.68. The molecular formula is C11H6F3N. The molecule has 15 heavy (non-hydrogen) atoms.